The van der Waals surface area contributed by atoms with Crippen molar-refractivity contribution < 1.29 is 14.3 Å². The molecule has 0 fully saturated rings. The Morgan fingerprint density at radius 2 is 1.42 bits per heavy atom. The van der Waals surface area contributed by atoms with Gasteiger partial charge in [0.1, 0.15) is 5.60 Å². The van der Waals surface area contributed by atoms with Gasteiger partial charge in [0.25, 0.3) is 0 Å². The van der Waals surface area contributed by atoms with E-state index in [-0.39, 0.29) is 11.6 Å². The van der Waals surface area contributed by atoms with E-state index in [0.29, 0.717) is 13.0 Å². The first-order chi connectivity index (χ1) is 12.2. The van der Waals surface area contributed by atoms with Gasteiger partial charge in [-0.05, 0) is 60.3 Å². The minimum absolute atomic E-state index is 0.0791. The normalized spacial score (nSPS) is 12.7. The third-order valence-corrected chi connectivity index (χ3v) is 4.27. The van der Waals surface area contributed by atoms with Crippen LogP contribution >= 0.6 is 0 Å². The van der Waals surface area contributed by atoms with Crippen molar-refractivity contribution in [1.29, 1.82) is 0 Å². The molecule has 3 nitrogen and oxygen atoms in total. The van der Waals surface area contributed by atoms with Crippen molar-refractivity contribution in [2.75, 3.05) is 6.61 Å². The fourth-order valence-corrected chi connectivity index (χ4v) is 2.63. The van der Waals surface area contributed by atoms with Crippen LogP contribution in [0.1, 0.15) is 112 Å². The summed E-state index contributed by atoms with van der Waals surface area (Å²) in [5, 5.41) is 0. The maximum absolute atomic E-state index is 12.0. The van der Waals surface area contributed by atoms with E-state index in [1.807, 2.05) is 34.6 Å². The Morgan fingerprint density at radius 3 is 2.04 bits per heavy atom. The summed E-state index contributed by atoms with van der Waals surface area (Å²) in [5.41, 5.74) is -0.599. The summed E-state index contributed by atoms with van der Waals surface area (Å²) in [7, 11) is 0. The molecule has 26 heavy (non-hydrogen) atoms. The van der Waals surface area contributed by atoms with E-state index < -0.39 is 5.60 Å². The van der Waals surface area contributed by atoms with E-state index in [2.05, 4.69) is 19.1 Å². The molecule has 0 unspecified atom stereocenters. The minimum atomic E-state index is -0.452. The van der Waals surface area contributed by atoms with Gasteiger partial charge >= 0.3 is 5.97 Å². The van der Waals surface area contributed by atoms with E-state index >= 15 is 0 Å². The molecule has 0 spiro atoms. The van der Waals surface area contributed by atoms with Crippen molar-refractivity contribution in [3.8, 4) is 0 Å². The monoisotopic (exact) mass is 368 g/mol. The number of unbranched alkanes of at least 4 members (excludes halogenated alkanes) is 7. The molecular weight excluding hydrogens is 324 g/mol. The average Bonchev–Trinajstić information content (AvgIpc) is 2.50. The zero-order valence-electron chi connectivity index (χ0n) is 18.4. The Labute approximate surface area is 162 Å². The summed E-state index contributed by atoms with van der Waals surface area (Å²) in [6, 6.07) is 0. The van der Waals surface area contributed by atoms with Crippen molar-refractivity contribution in [1.82, 2.24) is 0 Å². The quantitative estimate of drug-likeness (QED) is 0.177. The van der Waals surface area contributed by atoms with E-state index in [1.54, 1.807) is 0 Å². The first kappa shape index (κ1) is 25.2. The number of ether oxygens (including phenoxy) is 2. The topological polar surface area (TPSA) is 35.5 Å². The third kappa shape index (κ3) is 18.0. The largest absolute Gasteiger partial charge is 0.460 e. The zero-order valence-corrected chi connectivity index (χ0v) is 18.4. The van der Waals surface area contributed by atoms with Crippen molar-refractivity contribution >= 4 is 5.97 Å². The molecular formula is C23H44O3. The van der Waals surface area contributed by atoms with E-state index in [4.69, 9.17) is 9.47 Å². The average molecular weight is 369 g/mol. The fourth-order valence-electron chi connectivity index (χ4n) is 2.63. The van der Waals surface area contributed by atoms with Gasteiger partial charge in [-0.3, -0.25) is 4.79 Å². The zero-order chi connectivity index (χ0) is 19.9. The van der Waals surface area contributed by atoms with E-state index in [1.165, 1.54) is 44.9 Å². The molecule has 0 aromatic rings. The second-order valence-electron chi connectivity index (χ2n) is 8.86. The Morgan fingerprint density at radius 1 is 0.846 bits per heavy atom. The molecule has 0 rings (SSSR count). The number of carbonyl (C=O) groups is 1. The molecule has 154 valence electrons. The van der Waals surface area contributed by atoms with Crippen molar-refractivity contribution in [3.05, 3.63) is 12.2 Å². The molecule has 0 heterocycles. The van der Waals surface area contributed by atoms with Crippen LogP contribution in [0.4, 0.5) is 0 Å². The maximum Gasteiger partial charge on any atom is 0.306 e. The highest BCUT2D eigenvalue weighted by Crippen LogP contribution is 2.19. The molecule has 0 N–H and O–H groups in total. The number of allylic oxidation sites excluding steroid dienone is 2. The lowest BCUT2D eigenvalue weighted by Gasteiger charge is -2.27. The number of hydrogen-bond acceptors (Lipinski definition) is 3. The molecule has 0 aromatic heterocycles. The number of carbonyl (C=O) groups excluding carboxylic acids is 1. The summed E-state index contributed by atoms with van der Waals surface area (Å²) in [5.74, 6) is -0.0791. The lowest BCUT2D eigenvalue weighted by molar-refractivity contribution is -0.159. The summed E-state index contributed by atoms with van der Waals surface area (Å²) >= 11 is 0. The number of hydrogen-bond donors (Lipinski definition) is 0. The lowest BCUT2D eigenvalue weighted by atomic mass is 10.1. The van der Waals surface area contributed by atoms with Crippen LogP contribution in [0, 0.1) is 0 Å². The second kappa shape index (κ2) is 14.3. The first-order valence-corrected chi connectivity index (χ1v) is 10.7. The predicted octanol–water partition coefficient (Wildman–Crippen LogP) is 6.99. The predicted molar refractivity (Wildman–Crippen MR) is 111 cm³/mol. The lowest BCUT2D eigenvalue weighted by Crippen LogP contribution is -2.31. The summed E-state index contributed by atoms with van der Waals surface area (Å²) in [6.45, 7) is 12.9. The molecule has 0 saturated carbocycles. The van der Waals surface area contributed by atoms with Crippen LogP contribution in [0.5, 0.6) is 0 Å². The Kier molecular flexibility index (Phi) is 13.8. The Balaban J connectivity index is 3.62. The van der Waals surface area contributed by atoms with Crippen LogP contribution < -0.4 is 0 Å². The van der Waals surface area contributed by atoms with Gasteiger partial charge in [0, 0.05) is 12.8 Å². The Bertz CT molecular complexity index is 377. The standard InChI is InChI=1S/C23H44O3/c1-7-8-9-10-11-12-13-14-15-16-17-18-21(24)26-23(5,6)19-20-25-22(2,3)4/h10-11H,7-9,12-20H2,1-6H3. The highest BCUT2D eigenvalue weighted by Gasteiger charge is 2.23. The fraction of sp³-hybridized carbons (Fsp3) is 0.870. The van der Waals surface area contributed by atoms with Gasteiger partial charge in [-0.2, -0.15) is 0 Å². The summed E-state index contributed by atoms with van der Waals surface area (Å²) in [4.78, 5) is 12.0. The van der Waals surface area contributed by atoms with Gasteiger partial charge in [0.05, 0.1) is 12.2 Å². The van der Waals surface area contributed by atoms with Crippen LogP contribution in [0.15, 0.2) is 12.2 Å². The molecule has 0 radical (unpaired) electrons. The first-order valence-electron chi connectivity index (χ1n) is 10.7. The van der Waals surface area contributed by atoms with Crippen LogP contribution in [-0.2, 0) is 14.3 Å². The van der Waals surface area contributed by atoms with Crippen LogP contribution in [0.25, 0.3) is 0 Å². The SMILES string of the molecule is CCCCC=CCCCCCCCC(=O)OC(C)(C)CCOC(C)(C)C. The van der Waals surface area contributed by atoms with Crippen molar-refractivity contribution in [3.63, 3.8) is 0 Å². The third-order valence-electron chi connectivity index (χ3n) is 4.27. The van der Waals surface area contributed by atoms with E-state index in [0.717, 1.165) is 19.3 Å². The molecule has 0 amide bonds. The highest BCUT2D eigenvalue weighted by molar-refractivity contribution is 5.69. The van der Waals surface area contributed by atoms with Gasteiger partial charge in [-0.15, -0.1) is 0 Å². The van der Waals surface area contributed by atoms with E-state index in [9.17, 15) is 4.79 Å². The molecule has 0 aromatic carbocycles. The highest BCUT2D eigenvalue weighted by atomic mass is 16.6. The molecule has 0 bridgehead atoms. The molecule has 3 heteroatoms. The van der Waals surface area contributed by atoms with Gasteiger partial charge in [-0.25, -0.2) is 0 Å². The van der Waals surface area contributed by atoms with Gasteiger partial charge in [0.15, 0.2) is 0 Å². The number of esters is 1. The smallest absolute Gasteiger partial charge is 0.306 e. The molecule has 0 aliphatic carbocycles. The summed E-state index contributed by atoms with van der Waals surface area (Å²) in [6.07, 6.45) is 16.6. The van der Waals surface area contributed by atoms with Crippen LogP contribution in [0.3, 0.4) is 0 Å². The second-order valence-corrected chi connectivity index (χ2v) is 8.86. The molecule has 0 saturated heterocycles. The summed E-state index contributed by atoms with van der Waals surface area (Å²) < 4.78 is 11.3. The van der Waals surface area contributed by atoms with Gasteiger partial charge in [0.2, 0.25) is 0 Å². The minimum Gasteiger partial charge on any atom is -0.460 e. The van der Waals surface area contributed by atoms with Crippen LogP contribution in [0.2, 0.25) is 0 Å². The van der Waals surface area contributed by atoms with Gasteiger partial charge < -0.3 is 9.47 Å². The van der Waals surface area contributed by atoms with Crippen molar-refractivity contribution in [2.24, 2.45) is 0 Å². The van der Waals surface area contributed by atoms with Gasteiger partial charge in [-0.1, -0.05) is 51.2 Å². The van der Waals surface area contributed by atoms with Crippen LogP contribution in [-0.4, -0.2) is 23.8 Å². The molecule has 0 atom stereocenters. The maximum atomic E-state index is 12.0. The number of rotatable bonds is 15. The Hall–Kier alpha value is -0.830. The molecule has 0 aliphatic rings. The molecule has 0 aliphatic heterocycles. The van der Waals surface area contributed by atoms with Crippen molar-refractivity contribution in [2.45, 2.75) is 123 Å².